The maximum absolute atomic E-state index is 11.4. The van der Waals surface area contributed by atoms with Gasteiger partial charge in [-0.1, -0.05) is 45.7 Å². The summed E-state index contributed by atoms with van der Waals surface area (Å²) in [6, 6.07) is 8.06. The van der Waals surface area contributed by atoms with Gasteiger partial charge in [0, 0.05) is 0 Å². The first-order valence-corrected chi connectivity index (χ1v) is 8.23. The highest BCUT2D eigenvalue weighted by Gasteiger charge is 2.45. The smallest absolute Gasteiger partial charge is 0.119 e. The van der Waals surface area contributed by atoms with E-state index < -0.39 is 5.60 Å². The molecule has 2 unspecified atom stereocenters. The van der Waals surface area contributed by atoms with E-state index in [-0.39, 0.29) is 11.5 Å². The van der Waals surface area contributed by atoms with E-state index in [0.29, 0.717) is 5.92 Å². The first kappa shape index (κ1) is 16.4. The molecule has 2 atom stereocenters. The van der Waals surface area contributed by atoms with E-state index in [9.17, 15) is 5.11 Å². The second kappa shape index (κ2) is 6.00. The molecule has 1 aromatic carbocycles. The second-order valence-corrected chi connectivity index (χ2v) is 7.78. The molecule has 2 heteroatoms. The lowest BCUT2D eigenvalue weighted by Gasteiger charge is -2.47. The highest BCUT2D eigenvalue weighted by molar-refractivity contribution is 5.32. The van der Waals surface area contributed by atoms with E-state index in [1.54, 1.807) is 0 Å². The van der Waals surface area contributed by atoms with Crippen molar-refractivity contribution in [3.63, 3.8) is 0 Å². The van der Waals surface area contributed by atoms with Crippen LogP contribution in [-0.2, 0) is 5.60 Å². The molecule has 0 bridgehead atoms. The van der Waals surface area contributed by atoms with E-state index in [0.717, 1.165) is 30.6 Å². The van der Waals surface area contributed by atoms with Gasteiger partial charge < -0.3 is 9.84 Å². The average Bonchev–Trinajstić information content (AvgIpc) is 2.37. The van der Waals surface area contributed by atoms with Crippen molar-refractivity contribution in [3.05, 3.63) is 29.8 Å². The molecule has 1 aliphatic rings. The minimum atomic E-state index is -0.702. The average molecular weight is 290 g/mol. The van der Waals surface area contributed by atoms with Gasteiger partial charge in [0.15, 0.2) is 0 Å². The van der Waals surface area contributed by atoms with Crippen LogP contribution < -0.4 is 4.74 Å². The van der Waals surface area contributed by atoms with Crippen LogP contribution in [0.25, 0.3) is 0 Å². The molecule has 0 amide bonds. The quantitative estimate of drug-likeness (QED) is 0.858. The Bertz CT molecular complexity index is 455. The lowest BCUT2D eigenvalue weighted by atomic mass is 9.61. The molecule has 21 heavy (non-hydrogen) atoms. The van der Waals surface area contributed by atoms with Crippen molar-refractivity contribution in [1.82, 2.24) is 0 Å². The Labute approximate surface area is 129 Å². The third-order valence-corrected chi connectivity index (χ3v) is 4.65. The highest BCUT2D eigenvalue weighted by Crippen LogP contribution is 2.49. The Morgan fingerprint density at radius 3 is 2.29 bits per heavy atom. The SMILES string of the molecule is CC(C)Oc1ccc(C2(O)CCCCC2C(C)(C)C)cc1. The van der Waals surface area contributed by atoms with Crippen molar-refractivity contribution in [1.29, 1.82) is 0 Å². The van der Waals surface area contributed by atoms with Gasteiger partial charge in [0.25, 0.3) is 0 Å². The van der Waals surface area contributed by atoms with Crippen LogP contribution in [0.15, 0.2) is 24.3 Å². The van der Waals surface area contributed by atoms with Gasteiger partial charge in [-0.3, -0.25) is 0 Å². The number of hydrogen-bond acceptors (Lipinski definition) is 2. The van der Waals surface area contributed by atoms with Crippen molar-refractivity contribution >= 4 is 0 Å². The summed E-state index contributed by atoms with van der Waals surface area (Å²) >= 11 is 0. The fraction of sp³-hybridized carbons (Fsp3) is 0.684. The first-order chi connectivity index (χ1) is 9.73. The van der Waals surface area contributed by atoms with Crippen LogP contribution in [0.5, 0.6) is 5.75 Å². The summed E-state index contributed by atoms with van der Waals surface area (Å²) < 4.78 is 5.70. The Morgan fingerprint density at radius 1 is 1.14 bits per heavy atom. The van der Waals surface area contributed by atoms with Crippen LogP contribution in [0.4, 0.5) is 0 Å². The molecular weight excluding hydrogens is 260 g/mol. The Hall–Kier alpha value is -1.02. The minimum absolute atomic E-state index is 0.113. The zero-order chi connectivity index (χ0) is 15.7. The number of ether oxygens (including phenoxy) is 1. The molecule has 2 nitrogen and oxygen atoms in total. The fourth-order valence-corrected chi connectivity index (χ4v) is 3.75. The van der Waals surface area contributed by atoms with Crippen molar-refractivity contribution < 1.29 is 9.84 Å². The molecule has 1 aliphatic carbocycles. The molecular formula is C19H30O2. The third-order valence-electron chi connectivity index (χ3n) is 4.65. The summed E-state index contributed by atoms with van der Waals surface area (Å²) in [5, 5.41) is 11.4. The van der Waals surface area contributed by atoms with Crippen LogP contribution >= 0.6 is 0 Å². The summed E-state index contributed by atoms with van der Waals surface area (Å²) in [6.45, 7) is 10.8. The molecule has 0 saturated heterocycles. The molecule has 0 radical (unpaired) electrons. The Kier molecular flexibility index (Phi) is 4.67. The summed E-state index contributed by atoms with van der Waals surface area (Å²) in [5.41, 5.74) is 0.452. The van der Waals surface area contributed by atoms with Crippen LogP contribution in [0.1, 0.15) is 65.9 Å². The zero-order valence-corrected chi connectivity index (χ0v) is 14.1. The molecule has 1 fully saturated rings. The summed E-state index contributed by atoms with van der Waals surface area (Å²) in [6.07, 6.45) is 4.46. The molecule has 0 aliphatic heterocycles. The van der Waals surface area contributed by atoms with Gasteiger partial charge in [0.1, 0.15) is 5.75 Å². The molecule has 1 saturated carbocycles. The minimum Gasteiger partial charge on any atom is -0.491 e. The van der Waals surface area contributed by atoms with E-state index in [2.05, 4.69) is 20.8 Å². The number of aliphatic hydroxyl groups is 1. The van der Waals surface area contributed by atoms with Crippen LogP contribution in [0.2, 0.25) is 0 Å². The zero-order valence-electron chi connectivity index (χ0n) is 14.1. The Morgan fingerprint density at radius 2 is 1.76 bits per heavy atom. The topological polar surface area (TPSA) is 29.5 Å². The van der Waals surface area contributed by atoms with Gasteiger partial charge in [-0.15, -0.1) is 0 Å². The number of benzene rings is 1. The summed E-state index contributed by atoms with van der Waals surface area (Å²) in [4.78, 5) is 0. The predicted molar refractivity (Wildman–Crippen MR) is 87.5 cm³/mol. The second-order valence-electron chi connectivity index (χ2n) is 7.78. The van der Waals surface area contributed by atoms with Gasteiger partial charge in [-0.25, -0.2) is 0 Å². The van der Waals surface area contributed by atoms with Gasteiger partial charge in [-0.05, 0) is 55.7 Å². The summed E-state index contributed by atoms with van der Waals surface area (Å²) in [7, 11) is 0. The fourth-order valence-electron chi connectivity index (χ4n) is 3.75. The largest absolute Gasteiger partial charge is 0.491 e. The first-order valence-electron chi connectivity index (χ1n) is 8.23. The monoisotopic (exact) mass is 290 g/mol. The van der Waals surface area contributed by atoms with Crippen LogP contribution in [-0.4, -0.2) is 11.2 Å². The van der Waals surface area contributed by atoms with Crippen molar-refractivity contribution in [2.24, 2.45) is 11.3 Å². The van der Waals surface area contributed by atoms with Crippen molar-refractivity contribution in [2.75, 3.05) is 0 Å². The molecule has 0 heterocycles. The lowest BCUT2D eigenvalue weighted by molar-refractivity contribution is -0.0959. The number of rotatable bonds is 3. The molecule has 2 rings (SSSR count). The maximum atomic E-state index is 11.4. The standard InChI is InChI=1S/C19H30O2/c1-14(2)21-16-11-9-15(10-12-16)19(20)13-7-6-8-17(19)18(3,4)5/h9-12,14,17,20H,6-8,13H2,1-5H3. The normalized spacial score (nSPS) is 26.9. The number of hydrogen-bond donors (Lipinski definition) is 1. The van der Waals surface area contributed by atoms with E-state index in [4.69, 9.17) is 4.74 Å². The molecule has 0 spiro atoms. The molecule has 0 aromatic heterocycles. The predicted octanol–water partition coefficient (Wildman–Crippen LogP) is 4.90. The lowest BCUT2D eigenvalue weighted by Crippen LogP contribution is -2.44. The van der Waals surface area contributed by atoms with Gasteiger partial charge in [0.2, 0.25) is 0 Å². The molecule has 118 valence electrons. The van der Waals surface area contributed by atoms with Crippen molar-refractivity contribution in [2.45, 2.75) is 72.0 Å². The molecule has 1 aromatic rings. The van der Waals surface area contributed by atoms with Crippen LogP contribution in [0.3, 0.4) is 0 Å². The van der Waals surface area contributed by atoms with E-state index in [1.807, 2.05) is 38.1 Å². The van der Waals surface area contributed by atoms with Gasteiger partial charge >= 0.3 is 0 Å². The van der Waals surface area contributed by atoms with E-state index in [1.165, 1.54) is 6.42 Å². The van der Waals surface area contributed by atoms with Crippen LogP contribution in [0, 0.1) is 11.3 Å². The van der Waals surface area contributed by atoms with Crippen molar-refractivity contribution in [3.8, 4) is 5.75 Å². The Balaban J connectivity index is 2.28. The third kappa shape index (κ3) is 3.60. The maximum Gasteiger partial charge on any atom is 0.119 e. The van der Waals surface area contributed by atoms with Gasteiger partial charge in [-0.2, -0.15) is 0 Å². The molecule has 1 N–H and O–H groups in total. The highest BCUT2D eigenvalue weighted by atomic mass is 16.5. The summed E-state index contributed by atoms with van der Waals surface area (Å²) in [5.74, 6) is 1.18. The van der Waals surface area contributed by atoms with Gasteiger partial charge in [0.05, 0.1) is 11.7 Å². The van der Waals surface area contributed by atoms with E-state index >= 15 is 0 Å².